The van der Waals surface area contributed by atoms with Crippen LogP contribution in [0.5, 0.6) is 0 Å². The zero-order valence-corrected chi connectivity index (χ0v) is 11.8. The first-order valence-electron chi connectivity index (χ1n) is 6.88. The number of aliphatic hydroxyl groups is 1. The third-order valence-electron chi connectivity index (χ3n) is 3.70. The van der Waals surface area contributed by atoms with Crippen LogP contribution in [0.25, 0.3) is 5.76 Å². The number of hydrogen-bond acceptors (Lipinski definition) is 3. The number of carbonyl (C=O) groups excluding carboxylic acids is 2. The Morgan fingerprint density at radius 2 is 1.65 bits per heavy atom. The van der Waals surface area contributed by atoms with Crippen LogP contribution in [0.15, 0.2) is 41.5 Å². The molecular weight excluding hydrogens is 252 g/mol. The summed E-state index contributed by atoms with van der Waals surface area (Å²) in [6.45, 7) is 4.10. The summed E-state index contributed by atoms with van der Waals surface area (Å²) in [5.41, 5.74) is 2.15. The van der Waals surface area contributed by atoms with E-state index in [9.17, 15) is 14.7 Å². The molecule has 20 heavy (non-hydrogen) atoms. The molecule has 0 saturated carbocycles. The van der Waals surface area contributed by atoms with Gasteiger partial charge >= 0.3 is 0 Å². The molecule has 0 unspecified atom stereocenters. The first kappa shape index (κ1) is 14.3. The highest BCUT2D eigenvalue weighted by Gasteiger charge is 2.31. The van der Waals surface area contributed by atoms with Crippen molar-refractivity contribution in [2.75, 3.05) is 0 Å². The zero-order valence-electron chi connectivity index (χ0n) is 11.8. The molecule has 0 heterocycles. The van der Waals surface area contributed by atoms with E-state index in [1.807, 2.05) is 19.9 Å². The van der Waals surface area contributed by atoms with Gasteiger partial charge < -0.3 is 5.11 Å². The van der Waals surface area contributed by atoms with Gasteiger partial charge in [-0.15, -0.1) is 0 Å². The Morgan fingerprint density at radius 3 is 2.25 bits per heavy atom. The molecule has 3 nitrogen and oxygen atoms in total. The van der Waals surface area contributed by atoms with Crippen LogP contribution in [0.2, 0.25) is 0 Å². The lowest BCUT2D eigenvalue weighted by Gasteiger charge is -2.17. The van der Waals surface area contributed by atoms with E-state index in [0.29, 0.717) is 12.0 Å². The van der Waals surface area contributed by atoms with E-state index in [-0.39, 0.29) is 16.9 Å². The van der Waals surface area contributed by atoms with E-state index in [1.165, 1.54) is 5.57 Å². The van der Waals surface area contributed by atoms with E-state index in [0.717, 1.165) is 12.8 Å². The average Bonchev–Trinajstić information content (AvgIpc) is 2.49. The normalized spacial score (nSPS) is 14.3. The summed E-state index contributed by atoms with van der Waals surface area (Å²) in [6.07, 6.45) is 4.05. The Bertz CT molecular complexity index is 615. The Morgan fingerprint density at radius 1 is 1.05 bits per heavy atom. The second kappa shape index (κ2) is 5.87. The van der Waals surface area contributed by atoms with Gasteiger partial charge in [-0.2, -0.15) is 0 Å². The molecule has 1 N–H and O–H groups in total. The Balaban J connectivity index is 2.44. The summed E-state index contributed by atoms with van der Waals surface area (Å²) in [4.78, 5) is 24.1. The van der Waals surface area contributed by atoms with Crippen molar-refractivity contribution in [2.24, 2.45) is 0 Å². The summed E-state index contributed by atoms with van der Waals surface area (Å²) in [6, 6.07) is 6.67. The van der Waals surface area contributed by atoms with Gasteiger partial charge in [0.05, 0.1) is 0 Å². The highest BCUT2D eigenvalue weighted by Crippen LogP contribution is 2.29. The summed E-state index contributed by atoms with van der Waals surface area (Å²) in [5, 5.41) is 10.2. The fraction of sp³-hybridized carbons (Fsp3) is 0.294. The molecule has 0 spiro atoms. The van der Waals surface area contributed by atoms with Crippen LogP contribution in [-0.2, 0) is 4.79 Å². The molecule has 0 saturated heterocycles. The quantitative estimate of drug-likeness (QED) is 0.667. The largest absolute Gasteiger partial charge is 0.507 e. The smallest absolute Gasteiger partial charge is 0.234 e. The highest BCUT2D eigenvalue weighted by atomic mass is 16.3. The van der Waals surface area contributed by atoms with E-state index < -0.39 is 11.6 Å². The Labute approximate surface area is 118 Å². The minimum absolute atomic E-state index is 0.0620. The van der Waals surface area contributed by atoms with Crippen LogP contribution in [0.4, 0.5) is 0 Å². The van der Waals surface area contributed by atoms with Gasteiger partial charge in [-0.25, -0.2) is 0 Å². The number of fused-ring (bicyclic) bond motifs is 1. The van der Waals surface area contributed by atoms with Crippen molar-refractivity contribution >= 4 is 17.3 Å². The maximum atomic E-state index is 12.1. The molecule has 3 heteroatoms. The van der Waals surface area contributed by atoms with Crippen molar-refractivity contribution in [3.63, 3.8) is 0 Å². The molecule has 0 radical (unpaired) electrons. The van der Waals surface area contributed by atoms with Crippen molar-refractivity contribution in [3.8, 4) is 0 Å². The van der Waals surface area contributed by atoms with Crippen LogP contribution >= 0.6 is 0 Å². The maximum Gasteiger partial charge on any atom is 0.234 e. The molecule has 2 rings (SSSR count). The van der Waals surface area contributed by atoms with Gasteiger partial charge in [-0.05, 0) is 19.3 Å². The minimum atomic E-state index is -0.594. The molecule has 0 amide bonds. The maximum absolute atomic E-state index is 12.1. The predicted molar refractivity (Wildman–Crippen MR) is 78.6 cm³/mol. The van der Waals surface area contributed by atoms with Crippen molar-refractivity contribution < 1.29 is 14.7 Å². The molecule has 0 bridgehead atoms. The Hall–Kier alpha value is -2.16. The van der Waals surface area contributed by atoms with Gasteiger partial charge in [-0.1, -0.05) is 49.8 Å². The first-order valence-corrected chi connectivity index (χ1v) is 6.88. The number of hydrogen-bond donors (Lipinski definition) is 1. The van der Waals surface area contributed by atoms with E-state index in [1.54, 1.807) is 24.3 Å². The molecule has 1 aliphatic carbocycles. The number of ketones is 2. The minimum Gasteiger partial charge on any atom is -0.507 e. The van der Waals surface area contributed by atoms with E-state index in [2.05, 4.69) is 0 Å². The van der Waals surface area contributed by atoms with E-state index in [4.69, 9.17) is 0 Å². The summed E-state index contributed by atoms with van der Waals surface area (Å²) >= 11 is 0. The lowest BCUT2D eigenvalue weighted by molar-refractivity contribution is -0.112. The molecule has 1 aromatic carbocycles. The van der Waals surface area contributed by atoms with Crippen LogP contribution in [0.3, 0.4) is 0 Å². The van der Waals surface area contributed by atoms with Crippen LogP contribution < -0.4 is 0 Å². The summed E-state index contributed by atoms with van der Waals surface area (Å²) < 4.78 is 0. The predicted octanol–water partition coefficient (Wildman–Crippen LogP) is 3.86. The second-order valence-electron chi connectivity index (χ2n) is 4.80. The molecule has 104 valence electrons. The van der Waals surface area contributed by atoms with Gasteiger partial charge in [0.1, 0.15) is 5.76 Å². The Kier molecular flexibility index (Phi) is 4.18. The lowest BCUT2D eigenvalue weighted by atomic mass is 9.86. The SMILES string of the molecule is CCC(=CCC1=C(O)c2ccccc2C(=O)C1=O)CC. The fourth-order valence-corrected chi connectivity index (χ4v) is 2.39. The summed E-state index contributed by atoms with van der Waals surface area (Å²) in [7, 11) is 0. The molecule has 1 aliphatic rings. The standard InChI is InChI=1S/C17H18O3/c1-3-11(4-2)9-10-14-15(18)12-7-5-6-8-13(12)16(19)17(14)20/h5-9,18H,3-4,10H2,1-2H3. The molecule has 0 aromatic heterocycles. The number of rotatable bonds is 4. The van der Waals surface area contributed by atoms with Crippen molar-refractivity contribution in [1.82, 2.24) is 0 Å². The van der Waals surface area contributed by atoms with Gasteiger partial charge in [0, 0.05) is 16.7 Å². The number of allylic oxidation sites excluding steroid dienone is 3. The number of Topliss-reactive ketones (excluding diaryl/α,β-unsaturated/α-hetero) is 2. The molecule has 0 aliphatic heterocycles. The fourth-order valence-electron chi connectivity index (χ4n) is 2.39. The number of benzene rings is 1. The van der Waals surface area contributed by atoms with Gasteiger partial charge in [0.25, 0.3) is 0 Å². The molecule has 1 aromatic rings. The first-order chi connectivity index (χ1) is 9.60. The number of aliphatic hydroxyl groups excluding tert-OH is 1. The third-order valence-corrected chi connectivity index (χ3v) is 3.70. The number of carbonyl (C=O) groups is 2. The van der Waals surface area contributed by atoms with Crippen LogP contribution in [0, 0.1) is 0 Å². The molecule has 0 atom stereocenters. The molecular formula is C17H18O3. The lowest BCUT2D eigenvalue weighted by Crippen LogP contribution is -2.23. The van der Waals surface area contributed by atoms with E-state index >= 15 is 0 Å². The summed E-state index contributed by atoms with van der Waals surface area (Å²) in [5.74, 6) is -1.19. The van der Waals surface area contributed by atoms with Crippen molar-refractivity contribution in [1.29, 1.82) is 0 Å². The molecule has 0 fully saturated rings. The van der Waals surface area contributed by atoms with Crippen molar-refractivity contribution in [2.45, 2.75) is 33.1 Å². The van der Waals surface area contributed by atoms with Gasteiger partial charge in [0.2, 0.25) is 11.6 Å². The van der Waals surface area contributed by atoms with Gasteiger partial charge in [-0.3, -0.25) is 9.59 Å². The second-order valence-corrected chi connectivity index (χ2v) is 4.80. The third kappa shape index (κ3) is 2.44. The average molecular weight is 270 g/mol. The topological polar surface area (TPSA) is 54.4 Å². The van der Waals surface area contributed by atoms with Crippen molar-refractivity contribution in [3.05, 3.63) is 52.6 Å². The zero-order chi connectivity index (χ0) is 14.7. The monoisotopic (exact) mass is 270 g/mol. The van der Waals surface area contributed by atoms with Crippen LogP contribution in [0.1, 0.15) is 49.0 Å². The van der Waals surface area contributed by atoms with Gasteiger partial charge in [0.15, 0.2) is 0 Å². The van der Waals surface area contributed by atoms with Crippen LogP contribution in [-0.4, -0.2) is 16.7 Å². The highest BCUT2D eigenvalue weighted by molar-refractivity contribution is 6.52.